The zero-order valence-corrected chi connectivity index (χ0v) is 12.4. The molecule has 22 heavy (non-hydrogen) atoms. The van der Waals surface area contributed by atoms with Gasteiger partial charge in [-0.05, 0) is 48.2 Å². The summed E-state index contributed by atoms with van der Waals surface area (Å²) in [5.41, 5.74) is 5.93. The van der Waals surface area contributed by atoms with Crippen molar-refractivity contribution in [3.8, 4) is 22.6 Å². The van der Waals surface area contributed by atoms with Crippen LogP contribution in [-0.2, 0) is 22.4 Å². The van der Waals surface area contributed by atoms with Gasteiger partial charge in [0.2, 0.25) is 0 Å². The predicted molar refractivity (Wildman–Crippen MR) is 80.0 cm³/mol. The van der Waals surface area contributed by atoms with Gasteiger partial charge in [-0.15, -0.1) is 0 Å². The zero-order chi connectivity index (χ0) is 15.4. The minimum atomic E-state index is -0.237. The van der Waals surface area contributed by atoms with Gasteiger partial charge in [-0.3, -0.25) is 9.59 Å². The van der Waals surface area contributed by atoms with Crippen LogP contribution in [0.15, 0.2) is 24.3 Å². The van der Waals surface area contributed by atoms with Crippen molar-refractivity contribution in [3.63, 3.8) is 0 Å². The number of ether oxygens (including phenoxy) is 2. The second-order valence-corrected chi connectivity index (χ2v) is 5.77. The van der Waals surface area contributed by atoms with Crippen LogP contribution in [0.25, 0.3) is 11.1 Å². The highest BCUT2D eigenvalue weighted by atomic mass is 16.5. The van der Waals surface area contributed by atoms with E-state index in [0.29, 0.717) is 11.5 Å². The fourth-order valence-electron chi connectivity index (χ4n) is 3.34. The van der Waals surface area contributed by atoms with Crippen molar-refractivity contribution >= 4 is 11.9 Å². The second kappa shape index (κ2) is 4.44. The van der Waals surface area contributed by atoms with E-state index in [1.54, 1.807) is 0 Å². The van der Waals surface area contributed by atoms with E-state index in [0.717, 1.165) is 33.4 Å². The standard InChI is InChI=1S/C18H14O4/c1-9-3-5-13-11(7-15(19)21-13)17(9)18-10(2)4-6-14-12(18)8-16(20)22-14/h3-6H,7-8H2,1-2H3. The maximum Gasteiger partial charge on any atom is 0.315 e. The molecule has 0 saturated carbocycles. The van der Waals surface area contributed by atoms with Crippen LogP contribution < -0.4 is 9.47 Å². The summed E-state index contributed by atoms with van der Waals surface area (Å²) in [7, 11) is 0. The third-order valence-corrected chi connectivity index (χ3v) is 4.30. The summed E-state index contributed by atoms with van der Waals surface area (Å²) in [6.45, 7) is 4.02. The summed E-state index contributed by atoms with van der Waals surface area (Å²) >= 11 is 0. The molecule has 4 nitrogen and oxygen atoms in total. The van der Waals surface area contributed by atoms with Crippen LogP contribution in [0.5, 0.6) is 11.5 Å². The summed E-state index contributed by atoms with van der Waals surface area (Å²) in [5, 5.41) is 0. The lowest BCUT2D eigenvalue weighted by Crippen LogP contribution is -2.01. The third kappa shape index (κ3) is 1.77. The number of hydrogen-bond donors (Lipinski definition) is 0. The molecule has 0 aromatic heterocycles. The highest BCUT2D eigenvalue weighted by Crippen LogP contribution is 2.44. The molecule has 0 spiro atoms. The molecule has 4 heteroatoms. The largest absolute Gasteiger partial charge is 0.426 e. The minimum Gasteiger partial charge on any atom is -0.426 e. The lowest BCUT2D eigenvalue weighted by molar-refractivity contribution is -0.132. The number of hydrogen-bond acceptors (Lipinski definition) is 4. The lowest BCUT2D eigenvalue weighted by atomic mass is 9.87. The summed E-state index contributed by atoms with van der Waals surface area (Å²) in [6.07, 6.45) is 0.536. The van der Waals surface area contributed by atoms with Gasteiger partial charge < -0.3 is 9.47 Å². The number of rotatable bonds is 1. The minimum absolute atomic E-state index is 0.237. The Balaban J connectivity index is 2.03. The second-order valence-electron chi connectivity index (χ2n) is 5.77. The Bertz CT molecular complexity index is 777. The van der Waals surface area contributed by atoms with Crippen LogP contribution >= 0.6 is 0 Å². The fraction of sp³-hybridized carbons (Fsp3) is 0.222. The smallest absolute Gasteiger partial charge is 0.315 e. The van der Waals surface area contributed by atoms with Crippen LogP contribution in [0.1, 0.15) is 22.3 Å². The van der Waals surface area contributed by atoms with E-state index in [-0.39, 0.29) is 24.8 Å². The van der Waals surface area contributed by atoms with Gasteiger partial charge in [-0.2, -0.15) is 0 Å². The molecule has 2 aliphatic heterocycles. The zero-order valence-electron chi connectivity index (χ0n) is 12.4. The van der Waals surface area contributed by atoms with Crippen LogP contribution in [0.2, 0.25) is 0 Å². The van der Waals surface area contributed by atoms with Crippen LogP contribution in [0.3, 0.4) is 0 Å². The Morgan fingerprint density at radius 3 is 1.55 bits per heavy atom. The molecule has 0 unspecified atom stereocenters. The fourth-order valence-corrected chi connectivity index (χ4v) is 3.34. The monoisotopic (exact) mass is 294 g/mol. The molecule has 0 amide bonds. The Morgan fingerprint density at radius 2 is 1.14 bits per heavy atom. The first kappa shape index (κ1) is 13.1. The van der Waals surface area contributed by atoms with E-state index in [4.69, 9.17) is 9.47 Å². The highest BCUT2D eigenvalue weighted by Gasteiger charge is 2.30. The van der Waals surface area contributed by atoms with E-state index in [2.05, 4.69) is 0 Å². The Morgan fingerprint density at radius 1 is 0.727 bits per heavy atom. The summed E-state index contributed by atoms with van der Waals surface area (Å²) in [6, 6.07) is 7.56. The Kier molecular flexibility index (Phi) is 2.64. The van der Waals surface area contributed by atoms with Gasteiger partial charge in [0.15, 0.2) is 0 Å². The van der Waals surface area contributed by atoms with Gasteiger partial charge in [0.05, 0.1) is 12.8 Å². The maximum atomic E-state index is 11.7. The van der Waals surface area contributed by atoms with E-state index < -0.39 is 0 Å². The average Bonchev–Trinajstić information content (AvgIpc) is 3.01. The first-order chi connectivity index (χ1) is 10.5. The summed E-state index contributed by atoms with van der Waals surface area (Å²) < 4.78 is 10.5. The van der Waals surface area contributed by atoms with Crippen molar-refractivity contribution in [2.75, 3.05) is 0 Å². The lowest BCUT2D eigenvalue weighted by Gasteiger charge is -2.16. The van der Waals surface area contributed by atoms with Crippen LogP contribution in [0.4, 0.5) is 0 Å². The van der Waals surface area contributed by atoms with Gasteiger partial charge in [-0.25, -0.2) is 0 Å². The van der Waals surface area contributed by atoms with Crippen molar-refractivity contribution in [1.29, 1.82) is 0 Å². The molecule has 0 radical (unpaired) electrons. The van der Waals surface area contributed by atoms with E-state index >= 15 is 0 Å². The highest BCUT2D eigenvalue weighted by molar-refractivity contribution is 5.92. The number of esters is 2. The average molecular weight is 294 g/mol. The Labute approximate surface area is 127 Å². The van der Waals surface area contributed by atoms with Crippen LogP contribution in [0, 0.1) is 13.8 Å². The topological polar surface area (TPSA) is 52.6 Å². The molecule has 0 atom stereocenters. The summed E-state index contributed by atoms with van der Waals surface area (Å²) in [5.74, 6) is 0.763. The number of carbonyl (C=O) groups is 2. The molecule has 0 N–H and O–H groups in total. The first-order valence-electron chi connectivity index (χ1n) is 7.21. The molecule has 4 rings (SSSR count). The molecule has 2 aromatic rings. The molecule has 0 aliphatic carbocycles. The molecule has 0 fully saturated rings. The number of carbonyl (C=O) groups excluding carboxylic acids is 2. The predicted octanol–water partition coefficient (Wildman–Crippen LogP) is 2.89. The van der Waals surface area contributed by atoms with E-state index in [1.807, 2.05) is 38.1 Å². The molecule has 0 saturated heterocycles. The number of aryl methyl sites for hydroxylation is 2. The molecular weight excluding hydrogens is 280 g/mol. The van der Waals surface area contributed by atoms with Crippen molar-refractivity contribution in [1.82, 2.24) is 0 Å². The van der Waals surface area contributed by atoms with E-state index in [1.165, 1.54) is 0 Å². The van der Waals surface area contributed by atoms with Crippen LogP contribution in [-0.4, -0.2) is 11.9 Å². The van der Waals surface area contributed by atoms with Gasteiger partial charge in [0.1, 0.15) is 11.5 Å². The molecule has 0 bridgehead atoms. The number of benzene rings is 2. The Hall–Kier alpha value is -2.62. The third-order valence-electron chi connectivity index (χ3n) is 4.30. The molecular formula is C18H14O4. The molecule has 110 valence electrons. The molecule has 2 aliphatic rings. The number of fused-ring (bicyclic) bond motifs is 2. The van der Waals surface area contributed by atoms with Crippen molar-refractivity contribution in [3.05, 3.63) is 46.5 Å². The molecule has 2 aromatic carbocycles. The summed E-state index contributed by atoms with van der Waals surface area (Å²) in [4.78, 5) is 23.3. The van der Waals surface area contributed by atoms with Gasteiger partial charge >= 0.3 is 11.9 Å². The van der Waals surface area contributed by atoms with Gasteiger partial charge in [0, 0.05) is 11.1 Å². The quantitative estimate of drug-likeness (QED) is 0.599. The first-order valence-corrected chi connectivity index (χ1v) is 7.21. The van der Waals surface area contributed by atoms with Crippen molar-refractivity contribution in [2.45, 2.75) is 26.7 Å². The van der Waals surface area contributed by atoms with Gasteiger partial charge in [-0.1, -0.05) is 12.1 Å². The molecule has 2 heterocycles. The van der Waals surface area contributed by atoms with Crippen molar-refractivity contribution in [2.24, 2.45) is 0 Å². The van der Waals surface area contributed by atoms with Gasteiger partial charge in [0.25, 0.3) is 0 Å². The SMILES string of the molecule is Cc1ccc2c(c1-c1c(C)ccc3c1CC(=O)O3)CC(=O)O2. The maximum absolute atomic E-state index is 11.7. The van der Waals surface area contributed by atoms with Crippen molar-refractivity contribution < 1.29 is 19.1 Å². The normalized spacial score (nSPS) is 15.4. The van der Waals surface area contributed by atoms with E-state index in [9.17, 15) is 9.59 Å².